The van der Waals surface area contributed by atoms with Gasteiger partial charge in [-0.1, -0.05) is 23.7 Å². The van der Waals surface area contributed by atoms with Gasteiger partial charge in [-0.15, -0.1) is 10.2 Å². The molecule has 0 spiro atoms. The van der Waals surface area contributed by atoms with Gasteiger partial charge >= 0.3 is 6.18 Å². The number of H-pyrrole nitrogens is 1. The summed E-state index contributed by atoms with van der Waals surface area (Å²) in [5.41, 5.74) is 1.97. The number of anilines is 1. The first-order chi connectivity index (χ1) is 22.6. The molecule has 4 aromatic heterocycles. The molecule has 5 aromatic rings. The first-order valence-corrected chi connectivity index (χ1v) is 15.5. The molecule has 0 aliphatic carbocycles. The van der Waals surface area contributed by atoms with Crippen molar-refractivity contribution in [3.05, 3.63) is 76.7 Å². The highest BCUT2D eigenvalue weighted by Crippen LogP contribution is 2.29. The molecule has 11 nitrogen and oxygen atoms in total. The van der Waals surface area contributed by atoms with Gasteiger partial charge in [-0.05, 0) is 37.6 Å². The number of hydrogen-bond acceptors (Lipinski definition) is 9. The topological polar surface area (TPSA) is 110 Å². The predicted molar refractivity (Wildman–Crippen MR) is 164 cm³/mol. The van der Waals surface area contributed by atoms with Gasteiger partial charge in [-0.25, -0.2) is 9.37 Å². The molecule has 246 valence electrons. The summed E-state index contributed by atoms with van der Waals surface area (Å²) in [6, 6.07) is 11.8. The Labute approximate surface area is 271 Å². The van der Waals surface area contributed by atoms with E-state index in [1.165, 1.54) is 6.07 Å². The van der Waals surface area contributed by atoms with Crippen LogP contribution in [0.2, 0.25) is 5.02 Å². The molecule has 1 aromatic carbocycles. The number of rotatable bonds is 9. The summed E-state index contributed by atoms with van der Waals surface area (Å²) < 4.78 is 67.0. The summed E-state index contributed by atoms with van der Waals surface area (Å²) in [7, 11) is 0. The molecule has 0 bridgehead atoms. The van der Waals surface area contributed by atoms with E-state index in [1.807, 2.05) is 12.1 Å². The fourth-order valence-corrected chi connectivity index (χ4v) is 5.89. The number of ether oxygens (including phenoxy) is 2. The Morgan fingerprint density at radius 2 is 1.96 bits per heavy atom. The van der Waals surface area contributed by atoms with Gasteiger partial charge < -0.3 is 23.9 Å². The van der Waals surface area contributed by atoms with Gasteiger partial charge in [0.1, 0.15) is 29.8 Å². The maximum Gasteiger partial charge on any atom is 0.451 e. The Morgan fingerprint density at radius 3 is 2.68 bits per heavy atom. The number of alkyl halides is 3. The quantitative estimate of drug-likeness (QED) is 0.203. The zero-order chi connectivity index (χ0) is 32.7. The standard InChI is InChI=1S/C31H30ClF4N9O2/c1-18-14-44(26-3-2-4-28(39-26)47-17-19-5-6-20(32)11-22(19)33)9-8-43(18)16-27-38-23-12-24(29-40-30(42-41-29)31(34,35)36)37-13-25(23)45(27)15-21-7-10-46-21/h2-6,11-13,18,21H,7-10,14-17H2,1H3,(H,40,41,42). The van der Waals surface area contributed by atoms with Gasteiger partial charge in [0.2, 0.25) is 11.7 Å². The summed E-state index contributed by atoms with van der Waals surface area (Å²) in [5.74, 6) is 0.275. The van der Waals surface area contributed by atoms with E-state index >= 15 is 0 Å². The van der Waals surface area contributed by atoms with Gasteiger partial charge in [0, 0.05) is 48.9 Å². The second-order valence-corrected chi connectivity index (χ2v) is 12.1. The van der Waals surface area contributed by atoms with Crippen LogP contribution in [0.1, 0.15) is 30.6 Å². The van der Waals surface area contributed by atoms with Crippen LogP contribution in [0.5, 0.6) is 5.88 Å². The number of imidazole rings is 1. The molecule has 2 fully saturated rings. The molecule has 47 heavy (non-hydrogen) atoms. The highest BCUT2D eigenvalue weighted by molar-refractivity contribution is 6.30. The number of nitrogens with one attached hydrogen (secondary N) is 1. The lowest BCUT2D eigenvalue weighted by atomic mass is 10.1. The molecule has 0 saturated carbocycles. The van der Waals surface area contributed by atoms with Crippen molar-refractivity contribution in [3.63, 3.8) is 0 Å². The van der Waals surface area contributed by atoms with E-state index in [9.17, 15) is 17.6 Å². The average Bonchev–Trinajstić information content (AvgIpc) is 3.65. The van der Waals surface area contributed by atoms with Crippen molar-refractivity contribution in [2.75, 3.05) is 31.1 Å². The molecule has 2 unspecified atom stereocenters. The van der Waals surface area contributed by atoms with Crippen LogP contribution in [0.3, 0.4) is 0 Å². The number of piperazine rings is 1. The van der Waals surface area contributed by atoms with Crippen molar-refractivity contribution in [3.8, 4) is 17.4 Å². The monoisotopic (exact) mass is 671 g/mol. The fraction of sp³-hybridized carbons (Fsp3) is 0.387. The highest BCUT2D eigenvalue weighted by atomic mass is 35.5. The minimum absolute atomic E-state index is 0.0283. The van der Waals surface area contributed by atoms with Crippen molar-refractivity contribution in [2.24, 2.45) is 0 Å². The van der Waals surface area contributed by atoms with Crippen LogP contribution in [0.15, 0.2) is 48.7 Å². The first-order valence-electron chi connectivity index (χ1n) is 15.1. The van der Waals surface area contributed by atoms with Crippen LogP contribution in [-0.2, 0) is 30.6 Å². The van der Waals surface area contributed by atoms with E-state index in [2.05, 4.69) is 46.4 Å². The Bertz CT molecular complexity index is 1890. The molecular weight excluding hydrogens is 642 g/mol. The Balaban J connectivity index is 1.06. The number of pyridine rings is 2. The predicted octanol–water partition coefficient (Wildman–Crippen LogP) is 5.50. The van der Waals surface area contributed by atoms with Gasteiger partial charge in [-0.3, -0.25) is 9.88 Å². The third kappa shape index (κ3) is 6.73. The number of fused-ring (bicyclic) bond motifs is 1. The molecule has 1 N–H and O–H groups in total. The van der Waals surface area contributed by atoms with Crippen LogP contribution in [0.4, 0.5) is 23.4 Å². The summed E-state index contributed by atoms with van der Waals surface area (Å²) in [6.45, 7) is 6.16. The Morgan fingerprint density at radius 1 is 1.11 bits per heavy atom. The third-order valence-electron chi connectivity index (χ3n) is 8.42. The molecule has 2 aliphatic heterocycles. The number of nitrogens with zero attached hydrogens (tertiary/aromatic N) is 8. The van der Waals surface area contributed by atoms with E-state index in [1.54, 1.807) is 30.5 Å². The van der Waals surface area contributed by atoms with Gasteiger partial charge in [0.25, 0.3) is 0 Å². The van der Waals surface area contributed by atoms with E-state index in [-0.39, 0.29) is 30.3 Å². The zero-order valence-corrected chi connectivity index (χ0v) is 26.0. The molecule has 0 amide bonds. The number of halogens is 5. The molecule has 2 aliphatic rings. The smallest absolute Gasteiger partial charge is 0.451 e. The number of aromatic nitrogens is 7. The first kappa shape index (κ1) is 31.3. The molecular formula is C31H30ClF4N9O2. The lowest BCUT2D eigenvalue weighted by Crippen LogP contribution is -2.52. The van der Waals surface area contributed by atoms with Crippen molar-refractivity contribution in [2.45, 2.75) is 51.4 Å². The highest BCUT2D eigenvalue weighted by Gasteiger charge is 2.36. The van der Waals surface area contributed by atoms with Gasteiger partial charge in [-0.2, -0.15) is 18.2 Å². The molecule has 0 radical (unpaired) electrons. The van der Waals surface area contributed by atoms with E-state index in [4.69, 9.17) is 26.1 Å². The molecule has 2 saturated heterocycles. The lowest BCUT2D eigenvalue weighted by Gasteiger charge is -2.40. The molecule has 7 rings (SSSR count). The normalized spacial score (nSPS) is 18.9. The Hall–Kier alpha value is -4.34. The van der Waals surface area contributed by atoms with Crippen LogP contribution >= 0.6 is 11.6 Å². The third-order valence-corrected chi connectivity index (χ3v) is 8.66. The largest absolute Gasteiger partial charge is 0.473 e. The van der Waals surface area contributed by atoms with E-state index in [0.717, 1.165) is 30.1 Å². The van der Waals surface area contributed by atoms with Crippen molar-refractivity contribution in [1.82, 2.24) is 39.6 Å². The molecule has 16 heteroatoms. The van der Waals surface area contributed by atoms with Crippen molar-refractivity contribution >= 4 is 28.5 Å². The second-order valence-electron chi connectivity index (χ2n) is 11.6. The summed E-state index contributed by atoms with van der Waals surface area (Å²) in [5, 5.41) is 7.18. The number of hydrogen-bond donors (Lipinski definition) is 1. The van der Waals surface area contributed by atoms with Crippen LogP contribution in [0, 0.1) is 5.82 Å². The van der Waals surface area contributed by atoms with Crippen molar-refractivity contribution < 1.29 is 27.0 Å². The van der Waals surface area contributed by atoms with Crippen LogP contribution < -0.4 is 9.64 Å². The number of benzene rings is 1. The summed E-state index contributed by atoms with van der Waals surface area (Å²) in [6.07, 6.45) is -2.04. The van der Waals surface area contributed by atoms with Crippen molar-refractivity contribution in [1.29, 1.82) is 0 Å². The fourth-order valence-electron chi connectivity index (χ4n) is 5.74. The van der Waals surface area contributed by atoms with Crippen LogP contribution in [0.25, 0.3) is 22.6 Å². The lowest BCUT2D eigenvalue weighted by molar-refractivity contribution is -0.144. The van der Waals surface area contributed by atoms with E-state index < -0.39 is 17.8 Å². The van der Waals surface area contributed by atoms with Gasteiger partial charge in [0.05, 0.1) is 36.4 Å². The average molecular weight is 672 g/mol. The second kappa shape index (κ2) is 12.7. The Kier molecular flexibility index (Phi) is 8.45. The maximum atomic E-state index is 14.2. The molecule has 2 atom stereocenters. The van der Waals surface area contributed by atoms with Crippen LogP contribution in [-0.4, -0.2) is 78.0 Å². The minimum Gasteiger partial charge on any atom is -0.473 e. The minimum atomic E-state index is -4.64. The van der Waals surface area contributed by atoms with E-state index in [0.29, 0.717) is 54.8 Å². The summed E-state index contributed by atoms with van der Waals surface area (Å²) in [4.78, 5) is 20.7. The summed E-state index contributed by atoms with van der Waals surface area (Å²) >= 11 is 5.85. The maximum absolute atomic E-state index is 14.2. The molecule has 6 heterocycles. The zero-order valence-electron chi connectivity index (χ0n) is 25.2. The van der Waals surface area contributed by atoms with Gasteiger partial charge in [0.15, 0.2) is 5.82 Å². The number of aromatic amines is 1. The SMILES string of the molecule is CC1CN(c2cccc(OCc3ccc(Cl)cc3F)n2)CCN1Cc1nc2cc(-c3nnc(C(F)(F)F)[nH]3)ncc2n1CC1CCO1.